The maximum absolute atomic E-state index is 13.9. The van der Waals surface area contributed by atoms with Gasteiger partial charge in [0, 0.05) is 10.0 Å². The predicted octanol–water partition coefficient (Wildman–Crippen LogP) is 5.57. The van der Waals surface area contributed by atoms with E-state index in [0.717, 1.165) is 12.0 Å². The molecule has 0 aromatic heterocycles. The molecule has 0 spiro atoms. The summed E-state index contributed by atoms with van der Waals surface area (Å²) in [5.41, 5.74) is 1.48. The molecule has 1 atom stereocenters. The van der Waals surface area contributed by atoms with Gasteiger partial charge >= 0.3 is 0 Å². The summed E-state index contributed by atoms with van der Waals surface area (Å²) < 4.78 is 13.9. The van der Waals surface area contributed by atoms with Gasteiger partial charge < -0.3 is 5.32 Å². The zero-order valence-electron chi connectivity index (χ0n) is 11.3. The molecular formula is C16H13Cl2FN2. The van der Waals surface area contributed by atoms with Crippen molar-refractivity contribution in [1.29, 1.82) is 5.26 Å². The van der Waals surface area contributed by atoms with Crippen molar-refractivity contribution in [2.24, 2.45) is 0 Å². The number of rotatable bonds is 4. The lowest BCUT2D eigenvalue weighted by atomic mass is 10.0. The molecular weight excluding hydrogens is 310 g/mol. The van der Waals surface area contributed by atoms with E-state index in [1.165, 1.54) is 6.07 Å². The van der Waals surface area contributed by atoms with Crippen LogP contribution < -0.4 is 5.32 Å². The zero-order chi connectivity index (χ0) is 15.4. The molecule has 2 rings (SSSR count). The van der Waals surface area contributed by atoms with Crippen LogP contribution in [0.3, 0.4) is 0 Å². The van der Waals surface area contributed by atoms with Crippen LogP contribution in [0.25, 0.3) is 0 Å². The monoisotopic (exact) mass is 322 g/mol. The molecule has 0 fully saturated rings. The van der Waals surface area contributed by atoms with Gasteiger partial charge in [0.2, 0.25) is 0 Å². The van der Waals surface area contributed by atoms with Crippen molar-refractivity contribution in [3.63, 3.8) is 0 Å². The van der Waals surface area contributed by atoms with Crippen LogP contribution in [0.1, 0.15) is 30.5 Å². The fraction of sp³-hybridized carbons (Fsp3) is 0.188. The van der Waals surface area contributed by atoms with E-state index in [2.05, 4.69) is 5.32 Å². The number of nitrogens with zero attached hydrogens (tertiary/aromatic N) is 1. The third kappa shape index (κ3) is 3.66. The smallest absolute Gasteiger partial charge is 0.147 e. The Morgan fingerprint density at radius 1 is 1.24 bits per heavy atom. The van der Waals surface area contributed by atoms with Crippen molar-refractivity contribution >= 4 is 28.9 Å². The molecule has 0 aliphatic carbocycles. The molecule has 0 saturated carbocycles. The van der Waals surface area contributed by atoms with Gasteiger partial charge in [-0.05, 0) is 42.3 Å². The highest BCUT2D eigenvalue weighted by Crippen LogP contribution is 2.31. The van der Waals surface area contributed by atoms with Crippen LogP contribution in [0.4, 0.5) is 10.1 Å². The number of anilines is 1. The van der Waals surface area contributed by atoms with Crippen LogP contribution in [-0.4, -0.2) is 0 Å². The van der Waals surface area contributed by atoms with Crippen molar-refractivity contribution in [3.8, 4) is 6.07 Å². The fourth-order valence-electron chi connectivity index (χ4n) is 2.07. The standard InChI is InChI=1S/C16H13Cl2FN2/c1-2-15(12-5-4-11(17)8-13(12)18)21-16-6-3-10(9-20)7-14(16)19/h3-8,15,21H,2H2,1H3. The Morgan fingerprint density at radius 2 is 2.00 bits per heavy atom. The van der Waals surface area contributed by atoms with E-state index in [9.17, 15) is 4.39 Å². The maximum Gasteiger partial charge on any atom is 0.147 e. The lowest BCUT2D eigenvalue weighted by Gasteiger charge is -2.20. The summed E-state index contributed by atoms with van der Waals surface area (Å²) in [5.74, 6) is -0.461. The third-order valence-electron chi connectivity index (χ3n) is 3.17. The van der Waals surface area contributed by atoms with Crippen molar-refractivity contribution in [1.82, 2.24) is 0 Å². The molecule has 0 aliphatic rings. The van der Waals surface area contributed by atoms with Crippen LogP contribution in [0.15, 0.2) is 36.4 Å². The highest BCUT2D eigenvalue weighted by atomic mass is 35.5. The Hall–Kier alpha value is -1.76. The molecule has 1 N–H and O–H groups in total. The topological polar surface area (TPSA) is 35.8 Å². The molecule has 0 bridgehead atoms. The molecule has 108 valence electrons. The highest BCUT2D eigenvalue weighted by molar-refractivity contribution is 6.35. The normalized spacial score (nSPS) is 11.8. The minimum absolute atomic E-state index is 0.141. The van der Waals surface area contributed by atoms with Gasteiger partial charge in [-0.3, -0.25) is 0 Å². The number of halogens is 3. The van der Waals surface area contributed by atoms with Crippen molar-refractivity contribution in [3.05, 3.63) is 63.4 Å². The Morgan fingerprint density at radius 3 is 2.57 bits per heavy atom. The number of benzene rings is 2. The molecule has 0 heterocycles. The van der Waals surface area contributed by atoms with Crippen LogP contribution in [0.5, 0.6) is 0 Å². The summed E-state index contributed by atoms with van der Waals surface area (Å²) >= 11 is 12.1. The van der Waals surface area contributed by atoms with E-state index in [-0.39, 0.29) is 11.6 Å². The third-order valence-corrected chi connectivity index (χ3v) is 3.74. The first-order valence-electron chi connectivity index (χ1n) is 6.46. The number of hydrogen-bond donors (Lipinski definition) is 1. The largest absolute Gasteiger partial charge is 0.376 e. The van der Waals surface area contributed by atoms with Crippen LogP contribution in [-0.2, 0) is 0 Å². The molecule has 0 saturated heterocycles. The van der Waals surface area contributed by atoms with E-state index in [1.54, 1.807) is 24.3 Å². The first-order valence-corrected chi connectivity index (χ1v) is 7.22. The van der Waals surface area contributed by atoms with Gasteiger partial charge in [-0.1, -0.05) is 36.2 Å². The second-order valence-corrected chi connectivity index (χ2v) is 5.42. The Labute approximate surface area is 133 Å². The SMILES string of the molecule is CCC(Nc1ccc(C#N)cc1F)c1ccc(Cl)cc1Cl. The molecule has 0 aliphatic heterocycles. The summed E-state index contributed by atoms with van der Waals surface area (Å²) in [6.07, 6.45) is 0.723. The van der Waals surface area contributed by atoms with Crippen molar-refractivity contribution in [2.45, 2.75) is 19.4 Å². The first kappa shape index (κ1) is 15.6. The van der Waals surface area contributed by atoms with E-state index in [0.29, 0.717) is 15.7 Å². The van der Waals surface area contributed by atoms with Crippen LogP contribution in [0.2, 0.25) is 10.0 Å². The molecule has 21 heavy (non-hydrogen) atoms. The van der Waals surface area contributed by atoms with Gasteiger partial charge in [0.25, 0.3) is 0 Å². The molecule has 5 heteroatoms. The Kier molecular flexibility index (Phi) is 5.06. The summed E-state index contributed by atoms with van der Waals surface area (Å²) in [6, 6.07) is 11.3. The lowest BCUT2D eigenvalue weighted by molar-refractivity contribution is 0.623. The molecule has 0 radical (unpaired) electrons. The number of hydrogen-bond acceptors (Lipinski definition) is 2. The minimum atomic E-state index is -0.461. The molecule has 0 amide bonds. The molecule has 1 unspecified atom stereocenters. The lowest BCUT2D eigenvalue weighted by Crippen LogP contribution is -2.11. The predicted molar refractivity (Wildman–Crippen MR) is 84.2 cm³/mol. The summed E-state index contributed by atoms with van der Waals surface area (Å²) in [5, 5.41) is 13.0. The van der Waals surface area contributed by atoms with E-state index < -0.39 is 5.82 Å². The maximum atomic E-state index is 13.9. The van der Waals surface area contributed by atoms with E-state index in [1.807, 2.05) is 19.1 Å². The summed E-state index contributed by atoms with van der Waals surface area (Å²) in [6.45, 7) is 1.98. The average Bonchev–Trinajstić information content (AvgIpc) is 2.47. The minimum Gasteiger partial charge on any atom is -0.376 e. The van der Waals surface area contributed by atoms with Gasteiger partial charge in [-0.15, -0.1) is 0 Å². The van der Waals surface area contributed by atoms with Gasteiger partial charge in [0.15, 0.2) is 0 Å². The Balaban J connectivity index is 2.29. The molecule has 2 aromatic carbocycles. The highest BCUT2D eigenvalue weighted by Gasteiger charge is 2.15. The van der Waals surface area contributed by atoms with E-state index in [4.69, 9.17) is 28.5 Å². The molecule has 2 aromatic rings. The zero-order valence-corrected chi connectivity index (χ0v) is 12.8. The van der Waals surface area contributed by atoms with Gasteiger partial charge in [-0.2, -0.15) is 5.26 Å². The van der Waals surface area contributed by atoms with Crippen molar-refractivity contribution < 1.29 is 4.39 Å². The summed E-state index contributed by atoms with van der Waals surface area (Å²) in [7, 11) is 0. The van der Waals surface area contributed by atoms with Gasteiger partial charge in [0.05, 0.1) is 23.4 Å². The fourth-order valence-corrected chi connectivity index (χ4v) is 2.61. The second-order valence-electron chi connectivity index (χ2n) is 4.58. The van der Waals surface area contributed by atoms with Crippen molar-refractivity contribution in [2.75, 3.05) is 5.32 Å². The Bertz CT molecular complexity index is 695. The van der Waals surface area contributed by atoms with E-state index >= 15 is 0 Å². The average molecular weight is 323 g/mol. The number of nitrogens with one attached hydrogen (secondary N) is 1. The van der Waals surface area contributed by atoms with Crippen LogP contribution >= 0.6 is 23.2 Å². The van der Waals surface area contributed by atoms with Gasteiger partial charge in [-0.25, -0.2) is 4.39 Å². The van der Waals surface area contributed by atoms with Gasteiger partial charge in [0.1, 0.15) is 5.82 Å². The van der Waals surface area contributed by atoms with Crippen LogP contribution in [0, 0.1) is 17.1 Å². The number of nitriles is 1. The quantitative estimate of drug-likeness (QED) is 0.798. The second kappa shape index (κ2) is 6.80. The first-order chi connectivity index (χ1) is 10.0. The molecule has 2 nitrogen and oxygen atoms in total. The summed E-state index contributed by atoms with van der Waals surface area (Å²) in [4.78, 5) is 0.